The van der Waals surface area contributed by atoms with Crippen molar-refractivity contribution < 1.29 is 14.6 Å². The quantitative estimate of drug-likeness (QED) is 0.356. The first-order chi connectivity index (χ1) is 16.9. The van der Waals surface area contributed by atoms with Gasteiger partial charge >= 0.3 is 5.69 Å². The first-order valence-corrected chi connectivity index (χ1v) is 11.1. The third-order valence-corrected chi connectivity index (χ3v) is 5.90. The maximum absolute atomic E-state index is 12.1. The minimum atomic E-state index is -1.46. The molecule has 0 atom stereocenters. The van der Waals surface area contributed by atoms with E-state index >= 15 is 0 Å². The summed E-state index contributed by atoms with van der Waals surface area (Å²) in [6, 6.07) is 15.8. The molecule has 0 aliphatic heterocycles. The second-order valence-electron chi connectivity index (χ2n) is 8.11. The lowest BCUT2D eigenvalue weighted by molar-refractivity contribution is 0.0553. The van der Waals surface area contributed by atoms with Crippen LogP contribution < -0.4 is 20.7 Å². The molecule has 10 heteroatoms. The molecule has 182 valence electrons. The Balaban J connectivity index is 1.62. The molecule has 10 nitrogen and oxygen atoms in total. The zero-order chi connectivity index (χ0) is 24.8. The summed E-state index contributed by atoms with van der Waals surface area (Å²) in [5, 5.41) is 20.3. The highest BCUT2D eigenvalue weighted by Crippen LogP contribution is 2.35. The summed E-state index contributed by atoms with van der Waals surface area (Å²) < 4.78 is 13.9. The molecule has 4 rings (SSSR count). The number of hydrogen-bond acceptors (Lipinski definition) is 7. The lowest BCUT2D eigenvalue weighted by atomic mass is 9.86. The van der Waals surface area contributed by atoms with E-state index in [2.05, 4.69) is 15.3 Å². The summed E-state index contributed by atoms with van der Waals surface area (Å²) in [6.07, 6.45) is 4.29. The van der Waals surface area contributed by atoms with E-state index in [-0.39, 0.29) is 6.54 Å². The van der Waals surface area contributed by atoms with Crippen LogP contribution in [0.1, 0.15) is 23.2 Å². The van der Waals surface area contributed by atoms with E-state index in [1.807, 2.05) is 36.4 Å². The van der Waals surface area contributed by atoms with E-state index in [0.29, 0.717) is 42.0 Å². The van der Waals surface area contributed by atoms with Crippen molar-refractivity contribution in [3.63, 3.8) is 0 Å². The number of nitrogens with one attached hydrogen (secondary N) is 1. The van der Waals surface area contributed by atoms with Crippen molar-refractivity contribution in [3.8, 4) is 11.5 Å². The Morgan fingerprint density at radius 1 is 1.00 bits per heavy atom. The fraction of sp³-hybridized carbons (Fsp3) is 0.280. The molecule has 0 saturated carbocycles. The lowest BCUT2D eigenvalue weighted by Crippen LogP contribution is -2.34. The SMILES string of the molecule is COc1cccc(C(O)(Cn2nncc2CCCn2ccc(=O)[nH]c2=O)c2cccc(OC)c2)c1. The number of aryl methyl sites for hydroxylation is 2. The molecule has 0 amide bonds. The molecule has 0 fully saturated rings. The van der Waals surface area contributed by atoms with Gasteiger partial charge in [-0.3, -0.25) is 9.78 Å². The number of rotatable bonds is 10. The first-order valence-electron chi connectivity index (χ1n) is 11.1. The number of nitrogens with zero attached hydrogens (tertiary/aromatic N) is 4. The van der Waals surface area contributed by atoms with Gasteiger partial charge in [0.1, 0.15) is 17.1 Å². The fourth-order valence-corrected chi connectivity index (χ4v) is 3.98. The number of aromatic amines is 1. The Bertz CT molecular complexity index is 1360. The molecule has 0 saturated heterocycles. The van der Waals surface area contributed by atoms with Gasteiger partial charge in [0.2, 0.25) is 0 Å². The molecular weight excluding hydrogens is 450 g/mol. The number of aromatic nitrogens is 5. The number of H-pyrrole nitrogens is 1. The van der Waals surface area contributed by atoms with Crippen LogP contribution in [0.5, 0.6) is 11.5 Å². The fourth-order valence-electron chi connectivity index (χ4n) is 3.98. The Labute approximate surface area is 201 Å². The van der Waals surface area contributed by atoms with Crippen molar-refractivity contribution >= 4 is 0 Å². The predicted molar refractivity (Wildman–Crippen MR) is 129 cm³/mol. The van der Waals surface area contributed by atoms with Gasteiger partial charge in [0, 0.05) is 18.8 Å². The van der Waals surface area contributed by atoms with Crippen molar-refractivity contribution in [2.24, 2.45) is 0 Å². The number of methoxy groups -OCH3 is 2. The van der Waals surface area contributed by atoms with Gasteiger partial charge in [-0.2, -0.15) is 0 Å². The van der Waals surface area contributed by atoms with E-state index in [1.165, 1.54) is 16.8 Å². The molecule has 2 aromatic carbocycles. The van der Waals surface area contributed by atoms with Gasteiger partial charge in [-0.15, -0.1) is 5.10 Å². The van der Waals surface area contributed by atoms with Crippen molar-refractivity contribution in [3.05, 3.63) is 105 Å². The molecule has 2 N–H and O–H groups in total. The minimum absolute atomic E-state index is 0.0985. The van der Waals surface area contributed by atoms with Crippen LogP contribution in [-0.2, 0) is 25.1 Å². The zero-order valence-corrected chi connectivity index (χ0v) is 19.5. The summed E-state index contributed by atoms with van der Waals surface area (Å²) in [5.41, 5.74) is -0.275. The lowest BCUT2D eigenvalue weighted by Gasteiger charge is -2.30. The predicted octanol–water partition coefficient (Wildman–Crippen LogP) is 1.71. The summed E-state index contributed by atoms with van der Waals surface area (Å²) in [5.74, 6) is 1.24. The smallest absolute Gasteiger partial charge is 0.328 e. The average Bonchev–Trinajstić information content (AvgIpc) is 3.31. The van der Waals surface area contributed by atoms with E-state index in [1.54, 1.807) is 37.2 Å². The van der Waals surface area contributed by atoms with Crippen molar-refractivity contribution in [2.75, 3.05) is 14.2 Å². The molecule has 2 heterocycles. The van der Waals surface area contributed by atoms with Crippen LogP contribution in [0.3, 0.4) is 0 Å². The van der Waals surface area contributed by atoms with E-state index < -0.39 is 16.9 Å². The minimum Gasteiger partial charge on any atom is -0.497 e. The monoisotopic (exact) mass is 477 g/mol. The van der Waals surface area contributed by atoms with Gasteiger partial charge in [0.25, 0.3) is 5.56 Å². The summed E-state index contributed by atoms with van der Waals surface area (Å²) >= 11 is 0. The Kier molecular flexibility index (Phi) is 7.11. The summed E-state index contributed by atoms with van der Waals surface area (Å²) in [6.45, 7) is 0.512. The second kappa shape index (κ2) is 10.4. The van der Waals surface area contributed by atoms with Gasteiger partial charge in [-0.1, -0.05) is 29.5 Å². The molecule has 0 radical (unpaired) electrons. The highest BCUT2D eigenvalue weighted by molar-refractivity contribution is 5.42. The highest BCUT2D eigenvalue weighted by atomic mass is 16.5. The summed E-state index contributed by atoms with van der Waals surface area (Å²) in [4.78, 5) is 25.4. The van der Waals surface area contributed by atoms with Crippen molar-refractivity contribution in [1.82, 2.24) is 24.5 Å². The van der Waals surface area contributed by atoms with Crippen LogP contribution in [0.2, 0.25) is 0 Å². The van der Waals surface area contributed by atoms with Crippen LogP contribution >= 0.6 is 0 Å². The number of hydrogen-bond donors (Lipinski definition) is 2. The van der Waals surface area contributed by atoms with E-state index in [9.17, 15) is 14.7 Å². The number of ether oxygens (including phenoxy) is 2. The van der Waals surface area contributed by atoms with Crippen LogP contribution in [0.4, 0.5) is 0 Å². The molecule has 35 heavy (non-hydrogen) atoms. The highest BCUT2D eigenvalue weighted by Gasteiger charge is 2.34. The average molecular weight is 478 g/mol. The van der Waals surface area contributed by atoms with Gasteiger partial charge in [0.05, 0.1) is 32.7 Å². The van der Waals surface area contributed by atoms with Crippen LogP contribution in [0.25, 0.3) is 0 Å². The number of benzene rings is 2. The molecule has 4 aromatic rings. The van der Waals surface area contributed by atoms with Gasteiger partial charge in [-0.05, 0) is 48.2 Å². The zero-order valence-electron chi connectivity index (χ0n) is 19.5. The summed E-state index contributed by atoms with van der Waals surface area (Å²) in [7, 11) is 3.15. The Morgan fingerprint density at radius 2 is 1.66 bits per heavy atom. The van der Waals surface area contributed by atoms with E-state index in [4.69, 9.17) is 9.47 Å². The standard InChI is InChI=1S/C25H27N5O5/c1-34-21-9-3-6-18(14-21)25(33,19-7-4-10-22(15-19)35-2)17-30-20(16-26-28-30)8-5-12-29-13-11-23(31)27-24(29)32/h3-4,6-7,9-11,13-16,33H,5,8,12,17H2,1-2H3,(H,27,31,32). The molecule has 2 aromatic heterocycles. The maximum Gasteiger partial charge on any atom is 0.328 e. The molecule has 0 unspecified atom stereocenters. The van der Waals surface area contributed by atoms with Crippen molar-refractivity contribution in [1.29, 1.82) is 0 Å². The first kappa shape index (κ1) is 24.0. The maximum atomic E-state index is 12.1. The topological polar surface area (TPSA) is 124 Å². The third-order valence-electron chi connectivity index (χ3n) is 5.90. The van der Waals surface area contributed by atoms with Crippen LogP contribution in [-0.4, -0.2) is 43.9 Å². The van der Waals surface area contributed by atoms with E-state index in [0.717, 1.165) is 5.69 Å². The van der Waals surface area contributed by atoms with Gasteiger partial charge in [-0.25, -0.2) is 9.48 Å². The van der Waals surface area contributed by atoms with Gasteiger partial charge in [0.15, 0.2) is 0 Å². The number of aliphatic hydroxyl groups is 1. The molecule has 0 spiro atoms. The second-order valence-corrected chi connectivity index (χ2v) is 8.11. The van der Waals surface area contributed by atoms with Crippen molar-refractivity contribution in [2.45, 2.75) is 31.5 Å². The normalized spacial score (nSPS) is 11.4. The third kappa shape index (κ3) is 5.33. The molecule has 0 bridgehead atoms. The van der Waals surface area contributed by atoms with Crippen LogP contribution in [0.15, 0.2) is 76.6 Å². The largest absolute Gasteiger partial charge is 0.497 e. The van der Waals surface area contributed by atoms with Gasteiger partial charge < -0.3 is 19.1 Å². The molecule has 0 aliphatic rings. The Morgan fingerprint density at radius 3 is 2.26 bits per heavy atom. The molecule has 0 aliphatic carbocycles. The van der Waals surface area contributed by atoms with Crippen LogP contribution in [0, 0.1) is 0 Å². The Hall–Kier alpha value is -4.18. The molecular formula is C25H27N5O5.